The molecular weight excluding hydrogens is 770 g/mol. The van der Waals surface area contributed by atoms with E-state index in [1.54, 1.807) is 27.7 Å². The molecule has 6 amide bonds. The van der Waals surface area contributed by atoms with Crippen molar-refractivity contribution in [3.05, 3.63) is 41.7 Å². The van der Waals surface area contributed by atoms with Crippen LogP contribution in [0.1, 0.15) is 94.1 Å². The van der Waals surface area contributed by atoms with E-state index in [-0.39, 0.29) is 47.6 Å². The van der Waals surface area contributed by atoms with Crippen molar-refractivity contribution < 1.29 is 77.2 Å². The Balaban J connectivity index is 2.20. The number of benzene rings is 1. The first-order valence-corrected chi connectivity index (χ1v) is 18.0. The predicted molar refractivity (Wildman–Crippen MR) is 199 cm³/mol. The standard InChI is InChI=1S/C37H49N5O16/c1-7-9-10-11-22(25(8-2)42(20-43)58-36(54)41(6)35(53)57-37(3,4)5)31(48)38-19-39-33(50)27-15-14-26(56-27)21-12-13-23(28(16-21)55-18-30(46)47)32(49)40-24(34(51)52)17-29(44)45/h12-16,20,22,24-25H,7-11,17-19H2,1-6H3,(H,38,48)(H,39,50)(H,40,49)(H,44,45)(H,46,47)(H,51,52). The van der Waals surface area contributed by atoms with Gasteiger partial charge in [-0.2, -0.15) is 5.06 Å². The van der Waals surface area contributed by atoms with E-state index >= 15 is 0 Å². The highest BCUT2D eigenvalue weighted by molar-refractivity contribution is 6.00. The smallest absolute Gasteiger partial charge is 0.443 e. The number of ether oxygens (including phenoxy) is 2. The molecule has 1 aromatic carbocycles. The molecule has 318 valence electrons. The number of amides is 6. The van der Waals surface area contributed by atoms with Crippen molar-refractivity contribution in [2.75, 3.05) is 20.3 Å². The summed E-state index contributed by atoms with van der Waals surface area (Å²) < 4.78 is 16.0. The van der Waals surface area contributed by atoms with Gasteiger partial charge in [0.05, 0.1) is 30.6 Å². The SMILES string of the molecule is CCCCCC(C(=O)NCNC(=O)c1ccc(-c2ccc(C(=O)NC(CC(=O)O)C(=O)O)c(OCC(=O)O)c2)o1)C(CC)N(C=O)OC(=O)N(C)C(=O)OC(C)(C)C. The first kappa shape index (κ1) is 47.5. The van der Waals surface area contributed by atoms with Crippen molar-refractivity contribution in [1.82, 2.24) is 25.9 Å². The first-order chi connectivity index (χ1) is 27.2. The van der Waals surface area contributed by atoms with Gasteiger partial charge in [-0.05, 0) is 57.9 Å². The van der Waals surface area contributed by atoms with E-state index in [0.717, 1.165) is 26.0 Å². The summed E-state index contributed by atoms with van der Waals surface area (Å²) in [5.74, 6) is -8.33. The van der Waals surface area contributed by atoms with E-state index in [1.807, 2.05) is 12.2 Å². The van der Waals surface area contributed by atoms with E-state index in [4.69, 9.17) is 28.9 Å². The van der Waals surface area contributed by atoms with Crippen LogP contribution >= 0.6 is 0 Å². The number of hydrogen-bond donors (Lipinski definition) is 6. The van der Waals surface area contributed by atoms with Crippen LogP contribution < -0.4 is 20.7 Å². The van der Waals surface area contributed by atoms with Crippen molar-refractivity contribution in [3.63, 3.8) is 0 Å². The van der Waals surface area contributed by atoms with Crippen LogP contribution in [-0.2, 0) is 33.5 Å². The lowest BCUT2D eigenvalue weighted by Crippen LogP contribution is -2.50. The predicted octanol–water partition coefficient (Wildman–Crippen LogP) is 3.22. The second-order valence-corrected chi connectivity index (χ2v) is 13.7. The van der Waals surface area contributed by atoms with E-state index < -0.39 is 91.1 Å². The quantitative estimate of drug-likeness (QED) is 0.0430. The maximum absolute atomic E-state index is 13.5. The summed E-state index contributed by atoms with van der Waals surface area (Å²) in [6.07, 6.45) is -0.359. The average Bonchev–Trinajstić information content (AvgIpc) is 3.65. The summed E-state index contributed by atoms with van der Waals surface area (Å²) >= 11 is 0. The van der Waals surface area contributed by atoms with Crippen LogP contribution in [0.3, 0.4) is 0 Å². The van der Waals surface area contributed by atoms with Crippen LogP contribution in [0.4, 0.5) is 9.59 Å². The lowest BCUT2D eigenvalue weighted by molar-refractivity contribution is -0.172. The second kappa shape index (κ2) is 22.2. The molecule has 1 aromatic heterocycles. The Bertz CT molecular complexity index is 1820. The van der Waals surface area contributed by atoms with Gasteiger partial charge in [0.2, 0.25) is 12.3 Å². The fraction of sp³-hybridized carbons (Fsp3) is 0.486. The third-order valence-electron chi connectivity index (χ3n) is 8.08. The van der Waals surface area contributed by atoms with Crippen LogP contribution in [0.2, 0.25) is 0 Å². The molecule has 21 heteroatoms. The van der Waals surface area contributed by atoms with Crippen molar-refractivity contribution in [1.29, 1.82) is 0 Å². The highest BCUT2D eigenvalue weighted by Crippen LogP contribution is 2.29. The molecule has 3 atom stereocenters. The van der Waals surface area contributed by atoms with Gasteiger partial charge < -0.3 is 50.0 Å². The Hall–Kier alpha value is -6.67. The molecule has 6 N–H and O–H groups in total. The molecule has 0 saturated carbocycles. The lowest BCUT2D eigenvalue weighted by atomic mass is 9.90. The molecule has 3 unspecified atom stereocenters. The molecule has 0 aliphatic carbocycles. The minimum absolute atomic E-state index is 0.0539. The Morgan fingerprint density at radius 3 is 2.16 bits per heavy atom. The van der Waals surface area contributed by atoms with E-state index in [1.165, 1.54) is 24.3 Å². The molecular formula is C37H49N5O16. The van der Waals surface area contributed by atoms with E-state index in [0.29, 0.717) is 16.4 Å². The number of imide groups is 1. The molecule has 0 bridgehead atoms. The Morgan fingerprint density at radius 1 is 0.897 bits per heavy atom. The zero-order valence-electron chi connectivity index (χ0n) is 32.9. The third-order valence-corrected chi connectivity index (χ3v) is 8.08. The van der Waals surface area contributed by atoms with Crippen LogP contribution in [-0.4, -0.2) is 118 Å². The monoisotopic (exact) mass is 819 g/mol. The molecule has 2 rings (SSSR count). The number of unbranched alkanes of at least 4 members (excludes halogenated alkanes) is 2. The van der Waals surface area contributed by atoms with Gasteiger partial charge in [-0.1, -0.05) is 39.2 Å². The fourth-order valence-electron chi connectivity index (χ4n) is 5.26. The van der Waals surface area contributed by atoms with Crippen LogP contribution in [0.15, 0.2) is 34.7 Å². The molecule has 0 fully saturated rings. The molecule has 0 spiro atoms. The van der Waals surface area contributed by atoms with Crippen LogP contribution in [0.25, 0.3) is 11.3 Å². The zero-order valence-corrected chi connectivity index (χ0v) is 32.9. The molecule has 21 nitrogen and oxygen atoms in total. The summed E-state index contributed by atoms with van der Waals surface area (Å²) in [7, 11) is 1.11. The maximum Gasteiger partial charge on any atom is 0.443 e. The summed E-state index contributed by atoms with van der Waals surface area (Å²) in [6.45, 7) is 7.14. The molecule has 1 heterocycles. The highest BCUT2D eigenvalue weighted by atomic mass is 16.7. The number of carbonyl (C=O) groups excluding carboxylic acids is 6. The van der Waals surface area contributed by atoms with Gasteiger partial charge in [-0.3, -0.25) is 24.0 Å². The fourth-order valence-corrected chi connectivity index (χ4v) is 5.26. The lowest BCUT2D eigenvalue weighted by Gasteiger charge is -2.32. The molecule has 0 aliphatic heterocycles. The number of carbonyl (C=O) groups is 9. The van der Waals surface area contributed by atoms with Gasteiger partial charge in [-0.15, -0.1) is 0 Å². The average molecular weight is 820 g/mol. The number of rotatable bonds is 22. The van der Waals surface area contributed by atoms with E-state index in [2.05, 4.69) is 10.6 Å². The van der Waals surface area contributed by atoms with Gasteiger partial charge in [-0.25, -0.2) is 24.1 Å². The number of nitrogens with zero attached hydrogens (tertiary/aromatic N) is 2. The number of furan rings is 1. The van der Waals surface area contributed by atoms with Gasteiger partial charge in [0, 0.05) is 12.6 Å². The summed E-state index contributed by atoms with van der Waals surface area (Å²) in [5, 5.41) is 35.2. The normalized spacial score (nSPS) is 12.4. The minimum atomic E-state index is -1.80. The van der Waals surface area contributed by atoms with Crippen LogP contribution in [0.5, 0.6) is 5.75 Å². The molecule has 0 radical (unpaired) electrons. The number of carboxylic acid groups (broad SMARTS) is 3. The van der Waals surface area contributed by atoms with Crippen molar-refractivity contribution in [3.8, 4) is 17.1 Å². The zero-order chi connectivity index (χ0) is 43.7. The molecule has 0 aliphatic rings. The number of nitrogens with one attached hydrogen (secondary N) is 3. The minimum Gasteiger partial charge on any atom is -0.481 e. The third kappa shape index (κ3) is 14.8. The molecule has 2 aromatic rings. The van der Waals surface area contributed by atoms with Crippen molar-refractivity contribution in [2.45, 2.75) is 90.8 Å². The Labute approximate surface area is 332 Å². The summed E-state index contributed by atoms with van der Waals surface area (Å²) in [5.41, 5.74) is -1.03. The van der Waals surface area contributed by atoms with Gasteiger partial charge in [0.25, 0.3) is 11.8 Å². The van der Waals surface area contributed by atoms with E-state index in [9.17, 15) is 48.3 Å². The maximum atomic E-state index is 13.5. The summed E-state index contributed by atoms with van der Waals surface area (Å²) in [4.78, 5) is 116. The van der Waals surface area contributed by atoms with Crippen molar-refractivity contribution >= 4 is 54.2 Å². The number of hydroxylamine groups is 2. The second-order valence-electron chi connectivity index (χ2n) is 13.7. The van der Waals surface area contributed by atoms with Gasteiger partial charge in [0.1, 0.15) is 23.2 Å². The van der Waals surface area contributed by atoms with Crippen molar-refractivity contribution in [2.24, 2.45) is 5.92 Å². The first-order valence-electron chi connectivity index (χ1n) is 18.0. The topological polar surface area (TPSA) is 298 Å². The van der Waals surface area contributed by atoms with Crippen LogP contribution in [0, 0.1) is 5.92 Å². The number of carboxylic acids is 3. The Morgan fingerprint density at radius 2 is 1.59 bits per heavy atom. The number of aliphatic carboxylic acids is 3. The molecule has 0 saturated heterocycles. The molecule has 58 heavy (non-hydrogen) atoms. The largest absolute Gasteiger partial charge is 0.481 e. The highest BCUT2D eigenvalue weighted by Gasteiger charge is 2.35. The Kier molecular flexibility index (Phi) is 18.1. The van der Waals surface area contributed by atoms with Gasteiger partial charge in [0.15, 0.2) is 12.4 Å². The summed E-state index contributed by atoms with van der Waals surface area (Å²) in [6, 6.07) is 3.59. The van der Waals surface area contributed by atoms with Gasteiger partial charge >= 0.3 is 30.1 Å². The number of hydrogen-bond acceptors (Lipinski definition) is 13.